The Balaban J connectivity index is 1.63. The van der Waals surface area contributed by atoms with E-state index in [0.29, 0.717) is 5.41 Å². The van der Waals surface area contributed by atoms with Crippen molar-refractivity contribution in [3.63, 3.8) is 0 Å². The topological polar surface area (TPSA) is 58.4 Å². The van der Waals surface area contributed by atoms with Gasteiger partial charge in [0, 0.05) is 29.7 Å². The monoisotopic (exact) mass is 440 g/mol. The standard InChI is InChI=1S/C27H32N6/c1-6-20-9-7-8-10-23(20)29-19(3)21-15-18(2)16-22-24(21)30-26(33-17-28-31-25(22)33)32-13-11-27(4,5)12-14-32/h6-10,15-17,19,29H,1,11-14H2,2-5H3. The van der Waals surface area contributed by atoms with Gasteiger partial charge in [0.05, 0.1) is 11.6 Å². The van der Waals surface area contributed by atoms with Crippen LogP contribution >= 0.6 is 0 Å². The van der Waals surface area contributed by atoms with Crippen molar-refractivity contribution < 1.29 is 0 Å². The Morgan fingerprint density at radius 2 is 1.91 bits per heavy atom. The SMILES string of the molecule is C=Cc1ccccc1NC(C)c1cc(C)cc2c1nc(N1CCC(C)(C)CC1)n1cnnc21. The van der Waals surface area contributed by atoms with Crippen LogP contribution in [0.3, 0.4) is 0 Å². The normalized spacial score (nSPS) is 16.8. The Hall–Kier alpha value is -3.41. The molecule has 33 heavy (non-hydrogen) atoms. The van der Waals surface area contributed by atoms with E-state index >= 15 is 0 Å². The number of nitrogens with zero attached hydrogens (tertiary/aromatic N) is 5. The van der Waals surface area contributed by atoms with Crippen LogP contribution in [0.5, 0.6) is 0 Å². The molecule has 0 bridgehead atoms. The molecule has 2 aromatic carbocycles. The molecule has 0 aliphatic carbocycles. The van der Waals surface area contributed by atoms with Gasteiger partial charge in [-0.25, -0.2) is 4.98 Å². The highest BCUT2D eigenvalue weighted by Crippen LogP contribution is 2.35. The summed E-state index contributed by atoms with van der Waals surface area (Å²) in [5, 5.41) is 13.5. The van der Waals surface area contributed by atoms with Gasteiger partial charge in [-0.2, -0.15) is 0 Å². The van der Waals surface area contributed by atoms with Gasteiger partial charge < -0.3 is 10.2 Å². The molecule has 1 aliphatic heterocycles. The predicted octanol–water partition coefficient (Wildman–Crippen LogP) is 6.03. The van der Waals surface area contributed by atoms with Crippen molar-refractivity contribution in [2.45, 2.75) is 46.6 Å². The summed E-state index contributed by atoms with van der Waals surface area (Å²) >= 11 is 0. The lowest BCUT2D eigenvalue weighted by atomic mass is 9.83. The summed E-state index contributed by atoms with van der Waals surface area (Å²) in [6, 6.07) is 12.7. The van der Waals surface area contributed by atoms with E-state index < -0.39 is 0 Å². The predicted molar refractivity (Wildman–Crippen MR) is 137 cm³/mol. The van der Waals surface area contributed by atoms with Crippen LogP contribution < -0.4 is 10.2 Å². The van der Waals surface area contributed by atoms with Gasteiger partial charge >= 0.3 is 0 Å². The van der Waals surface area contributed by atoms with Crippen LogP contribution in [-0.2, 0) is 0 Å². The number of aromatic nitrogens is 4. The maximum absolute atomic E-state index is 5.24. The molecule has 2 aromatic heterocycles. The molecule has 6 heteroatoms. The zero-order valence-electron chi connectivity index (χ0n) is 20.0. The fourth-order valence-electron chi connectivity index (χ4n) is 4.80. The maximum atomic E-state index is 5.24. The quantitative estimate of drug-likeness (QED) is 0.411. The Labute approximate surface area is 195 Å². The zero-order valence-corrected chi connectivity index (χ0v) is 20.0. The van der Waals surface area contributed by atoms with Crippen LogP contribution in [0.15, 0.2) is 49.3 Å². The molecule has 0 amide bonds. The van der Waals surface area contributed by atoms with Gasteiger partial charge in [-0.3, -0.25) is 4.40 Å². The molecule has 1 N–H and O–H groups in total. The summed E-state index contributed by atoms with van der Waals surface area (Å²) in [6.07, 6.45) is 5.97. The molecule has 0 radical (unpaired) electrons. The third-order valence-corrected chi connectivity index (χ3v) is 6.92. The van der Waals surface area contributed by atoms with E-state index in [0.717, 1.165) is 65.2 Å². The minimum atomic E-state index is 0.0551. The number of hydrogen-bond donors (Lipinski definition) is 1. The smallest absolute Gasteiger partial charge is 0.213 e. The third kappa shape index (κ3) is 3.94. The number of aryl methyl sites for hydroxylation is 1. The third-order valence-electron chi connectivity index (χ3n) is 6.92. The molecule has 6 nitrogen and oxygen atoms in total. The van der Waals surface area contributed by atoms with Gasteiger partial charge in [-0.05, 0) is 55.4 Å². The van der Waals surface area contributed by atoms with E-state index in [1.807, 2.05) is 18.2 Å². The lowest BCUT2D eigenvalue weighted by molar-refractivity contribution is 0.278. The number of rotatable bonds is 5. The number of hydrogen-bond acceptors (Lipinski definition) is 5. The number of piperidine rings is 1. The second kappa shape index (κ2) is 8.18. The van der Waals surface area contributed by atoms with E-state index in [1.54, 1.807) is 6.33 Å². The average Bonchev–Trinajstić information content (AvgIpc) is 3.29. The van der Waals surface area contributed by atoms with Gasteiger partial charge in [0.25, 0.3) is 0 Å². The number of benzene rings is 2. The van der Waals surface area contributed by atoms with E-state index in [-0.39, 0.29) is 6.04 Å². The first-order valence-corrected chi connectivity index (χ1v) is 11.7. The average molecular weight is 441 g/mol. The van der Waals surface area contributed by atoms with Gasteiger partial charge in [0.2, 0.25) is 5.95 Å². The molecule has 1 fully saturated rings. The fraction of sp³-hybridized carbons (Fsp3) is 0.370. The Bertz CT molecular complexity index is 1330. The highest BCUT2D eigenvalue weighted by Gasteiger charge is 2.28. The summed E-state index contributed by atoms with van der Waals surface area (Å²) in [5.41, 5.74) is 6.72. The second-order valence-electron chi connectivity index (χ2n) is 10.00. The fourth-order valence-corrected chi connectivity index (χ4v) is 4.80. The van der Waals surface area contributed by atoms with Crippen LogP contribution in [0.25, 0.3) is 22.6 Å². The van der Waals surface area contributed by atoms with Gasteiger partial charge in [0.1, 0.15) is 6.33 Å². The lowest BCUT2D eigenvalue weighted by Crippen LogP contribution is -2.38. The van der Waals surface area contributed by atoms with Crippen molar-refractivity contribution in [1.29, 1.82) is 0 Å². The minimum absolute atomic E-state index is 0.0551. The molecule has 3 heterocycles. The number of nitrogens with one attached hydrogen (secondary N) is 1. The molecule has 1 unspecified atom stereocenters. The Kier molecular flexibility index (Phi) is 5.31. The van der Waals surface area contributed by atoms with E-state index in [9.17, 15) is 0 Å². The molecule has 0 saturated carbocycles. The first kappa shape index (κ1) is 21.4. The van der Waals surface area contributed by atoms with Crippen LogP contribution in [0.4, 0.5) is 11.6 Å². The van der Waals surface area contributed by atoms with Crippen molar-refractivity contribution in [3.8, 4) is 0 Å². The molecular weight excluding hydrogens is 408 g/mol. The molecule has 1 saturated heterocycles. The van der Waals surface area contributed by atoms with E-state index in [2.05, 4.69) is 83.4 Å². The van der Waals surface area contributed by atoms with Crippen molar-refractivity contribution >= 4 is 34.3 Å². The van der Waals surface area contributed by atoms with Crippen molar-refractivity contribution in [1.82, 2.24) is 19.6 Å². The van der Waals surface area contributed by atoms with Crippen LogP contribution in [-0.4, -0.2) is 32.7 Å². The van der Waals surface area contributed by atoms with Gasteiger partial charge in [-0.15, -0.1) is 10.2 Å². The van der Waals surface area contributed by atoms with Crippen molar-refractivity contribution in [2.24, 2.45) is 5.41 Å². The van der Waals surface area contributed by atoms with Crippen LogP contribution in [0.2, 0.25) is 0 Å². The molecule has 4 aromatic rings. The van der Waals surface area contributed by atoms with E-state index in [1.165, 1.54) is 5.56 Å². The lowest BCUT2D eigenvalue weighted by Gasteiger charge is -2.37. The summed E-state index contributed by atoms with van der Waals surface area (Å²) in [5.74, 6) is 0.932. The minimum Gasteiger partial charge on any atom is -0.378 e. The first-order chi connectivity index (χ1) is 15.9. The Morgan fingerprint density at radius 1 is 1.15 bits per heavy atom. The number of anilines is 2. The largest absolute Gasteiger partial charge is 0.378 e. The van der Waals surface area contributed by atoms with Crippen molar-refractivity contribution in [3.05, 3.63) is 66.0 Å². The van der Waals surface area contributed by atoms with Gasteiger partial charge in [0.15, 0.2) is 5.65 Å². The Morgan fingerprint density at radius 3 is 2.67 bits per heavy atom. The second-order valence-corrected chi connectivity index (χ2v) is 10.00. The maximum Gasteiger partial charge on any atom is 0.213 e. The highest BCUT2D eigenvalue weighted by atomic mass is 15.3. The van der Waals surface area contributed by atoms with Crippen LogP contribution in [0, 0.1) is 12.3 Å². The summed E-state index contributed by atoms with van der Waals surface area (Å²) in [7, 11) is 0. The molecule has 5 rings (SSSR count). The summed E-state index contributed by atoms with van der Waals surface area (Å²) in [6.45, 7) is 14.9. The highest BCUT2D eigenvalue weighted by molar-refractivity contribution is 5.95. The first-order valence-electron chi connectivity index (χ1n) is 11.7. The molecule has 1 atom stereocenters. The van der Waals surface area contributed by atoms with Crippen molar-refractivity contribution in [2.75, 3.05) is 23.3 Å². The van der Waals surface area contributed by atoms with E-state index in [4.69, 9.17) is 4.98 Å². The summed E-state index contributed by atoms with van der Waals surface area (Å²) in [4.78, 5) is 7.63. The molecule has 0 spiro atoms. The molecule has 170 valence electrons. The molecule has 1 aliphatic rings. The summed E-state index contributed by atoms with van der Waals surface area (Å²) < 4.78 is 2.05. The van der Waals surface area contributed by atoms with Crippen LogP contribution in [0.1, 0.15) is 56.3 Å². The number of fused-ring (bicyclic) bond motifs is 3. The zero-order chi connectivity index (χ0) is 23.2. The molecular formula is C27H32N6. The number of para-hydroxylation sites is 1. The van der Waals surface area contributed by atoms with Gasteiger partial charge in [-0.1, -0.05) is 50.8 Å².